The molecule has 0 saturated carbocycles. The number of aliphatic hydroxyl groups is 1. The van der Waals surface area contributed by atoms with Crippen molar-refractivity contribution in [1.29, 1.82) is 0 Å². The second kappa shape index (κ2) is 5.40. The van der Waals surface area contributed by atoms with Crippen LogP contribution >= 0.6 is 0 Å². The number of morpholine rings is 1. The van der Waals surface area contributed by atoms with Gasteiger partial charge in [0.2, 0.25) is 5.09 Å². The molecular formula is C11H17NO5S. The van der Waals surface area contributed by atoms with Crippen LogP contribution in [0.1, 0.15) is 19.1 Å². The van der Waals surface area contributed by atoms with Crippen LogP contribution in [0.15, 0.2) is 21.6 Å². The molecule has 2 heterocycles. The Morgan fingerprint density at radius 2 is 2.28 bits per heavy atom. The summed E-state index contributed by atoms with van der Waals surface area (Å²) in [6.07, 6.45) is 0.687. The lowest BCUT2D eigenvalue weighted by atomic mass is 10.2. The third-order valence-corrected chi connectivity index (χ3v) is 4.83. The molecule has 1 fully saturated rings. The molecular weight excluding hydrogens is 258 g/mol. The van der Waals surface area contributed by atoms with E-state index in [2.05, 4.69) is 0 Å². The van der Waals surface area contributed by atoms with Gasteiger partial charge in [-0.1, -0.05) is 6.92 Å². The first-order valence-corrected chi connectivity index (χ1v) is 7.32. The normalized spacial score (nSPS) is 22.2. The molecule has 2 rings (SSSR count). The summed E-state index contributed by atoms with van der Waals surface area (Å²) in [5, 5.41) is 8.78. The number of furan rings is 1. The quantitative estimate of drug-likeness (QED) is 0.869. The molecule has 102 valence electrons. The highest BCUT2D eigenvalue weighted by atomic mass is 32.2. The monoisotopic (exact) mass is 275 g/mol. The van der Waals surface area contributed by atoms with E-state index in [1.165, 1.54) is 16.4 Å². The Kier molecular flexibility index (Phi) is 4.06. The Hall–Kier alpha value is -0.890. The van der Waals surface area contributed by atoms with E-state index in [0.29, 0.717) is 26.2 Å². The number of nitrogens with zero attached hydrogens (tertiary/aromatic N) is 1. The molecule has 1 aromatic heterocycles. The van der Waals surface area contributed by atoms with Crippen LogP contribution < -0.4 is 0 Å². The van der Waals surface area contributed by atoms with E-state index < -0.39 is 10.0 Å². The van der Waals surface area contributed by atoms with Crippen molar-refractivity contribution in [3.63, 3.8) is 0 Å². The van der Waals surface area contributed by atoms with Crippen LogP contribution in [-0.4, -0.2) is 43.6 Å². The van der Waals surface area contributed by atoms with Gasteiger partial charge in [0.25, 0.3) is 10.0 Å². The van der Waals surface area contributed by atoms with Gasteiger partial charge in [0, 0.05) is 12.6 Å². The summed E-state index contributed by atoms with van der Waals surface area (Å²) in [5.74, 6) is 0.245. The molecule has 1 atom stereocenters. The van der Waals surface area contributed by atoms with Crippen LogP contribution in [-0.2, 0) is 21.4 Å². The molecule has 0 aromatic carbocycles. The average molecular weight is 275 g/mol. The lowest BCUT2D eigenvalue weighted by molar-refractivity contribution is 0.0307. The minimum atomic E-state index is -3.64. The van der Waals surface area contributed by atoms with Gasteiger partial charge in [-0.25, -0.2) is 8.42 Å². The van der Waals surface area contributed by atoms with Gasteiger partial charge in [-0.15, -0.1) is 0 Å². The van der Waals surface area contributed by atoms with Gasteiger partial charge in [-0.3, -0.25) is 0 Å². The molecule has 1 aromatic rings. The van der Waals surface area contributed by atoms with Gasteiger partial charge in [-0.2, -0.15) is 4.31 Å². The topological polar surface area (TPSA) is 80.0 Å². The van der Waals surface area contributed by atoms with E-state index in [1.54, 1.807) is 0 Å². The van der Waals surface area contributed by atoms with E-state index in [4.69, 9.17) is 14.3 Å². The number of sulfonamides is 1. The Balaban J connectivity index is 2.28. The number of hydrogen-bond donors (Lipinski definition) is 1. The van der Waals surface area contributed by atoms with E-state index in [1.807, 2.05) is 6.92 Å². The summed E-state index contributed by atoms with van der Waals surface area (Å²) in [4.78, 5) is 0. The van der Waals surface area contributed by atoms with Crippen LogP contribution in [0.4, 0.5) is 0 Å². The number of aliphatic hydroxyl groups excluding tert-OH is 1. The molecule has 0 aliphatic carbocycles. The third-order valence-electron chi connectivity index (χ3n) is 3.00. The summed E-state index contributed by atoms with van der Waals surface area (Å²) < 4.78 is 36.6. The molecule has 18 heavy (non-hydrogen) atoms. The first-order valence-electron chi connectivity index (χ1n) is 5.88. The van der Waals surface area contributed by atoms with Gasteiger partial charge >= 0.3 is 0 Å². The number of ether oxygens (including phenoxy) is 1. The molecule has 0 bridgehead atoms. The summed E-state index contributed by atoms with van der Waals surface area (Å²) in [7, 11) is -3.64. The summed E-state index contributed by atoms with van der Waals surface area (Å²) in [6.45, 7) is 2.74. The predicted molar refractivity (Wildman–Crippen MR) is 63.4 cm³/mol. The fourth-order valence-corrected chi connectivity index (χ4v) is 3.58. The molecule has 1 saturated heterocycles. The smallest absolute Gasteiger partial charge is 0.276 e. The van der Waals surface area contributed by atoms with Gasteiger partial charge in [0.05, 0.1) is 13.2 Å². The molecule has 1 unspecified atom stereocenters. The predicted octanol–water partition coefficient (Wildman–Crippen LogP) is 0.571. The Morgan fingerprint density at radius 3 is 2.89 bits per heavy atom. The van der Waals surface area contributed by atoms with Gasteiger partial charge in [0.1, 0.15) is 12.4 Å². The zero-order valence-corrected chi connectivity index (χ0v) is 11.0. The molecule has 0 spiro atoms. The molecule has 6 nitrogen and oxygen atoms in total. The second-order valence-corrected chi connectivity index (χ2v) is 5.95. The highest BCUT2D eigenvalue weighted by Gasteiger charge is 2.35. The Labute approximate surface area is 106 Å². The van der Waals surface area contributed by atoms with Crippen molar-refractivity contribution >= 4 is 10.0 Å². The second-order valence-electron chi connectivity index (χ2n) is 4.13. The van der Waals surface area contributed by atoms with Gasteiger partial charge in [-0.05, 0) is 18.6 Å². The fourth-order valence-electron chi connectivity index (χ4n) is 1.97. The van der Waals surface area contributed by atoms with E-state index in [0.717, 1.165) is 0 Å². The van der Waals surface area contributed by atoms with Gasteiger partial charge in [0.15, 0.2) is 0 Å². The van der Waals surface area contributed by atoms with Gasteiger partial charge < -0.3 is 14.3 Å². The molecule has 1 aliphatic heterocycles. The number of rotatable bonds is 4. The summed E-state index contributed by atoms with van der Waals surface area (Å²) in [6, 6.07) is 2.68. The Morgan fingerprint density at radius 1 is 1.50 bits per heavy atom. The fraction of sp³-hybridized carbons (Fsp3) is 0.636. The summed E-state index contributed by atoms with van der Waals surface area (Å²) in [5.41, 5.74) is 0. The maximum Gasteiger partial charge on any atom is 0.276 e. The van der Waals surface area contributed by atoms with E-state index >= 15 is 0 Å². The van der Waals surface area contributed by atoms with E-state index in [-0.39, 0.29) is 23.5 Å². The van der Waals surface area contributed by atoms with Crippen LogP contribution in [0, 0.1) is 0 Å². The SMILES string of the molecule is CCC1COCCN1S(=O)(=O)c1ccc(CO)o1. The zero-order chi connectivity index (χ0) is 13.2. The summed E-state index contributed by atoms with van der Waals surface area (Å²) >= 11 is 0. The standard InChI is InChI=1S/C11H17NO5S/c1-2-9-8-16-6-5-12(9)18(14,15)11-4-3-10(7-13)17-11/h3-4,9,13H,2,5-8H2,1H3. The minimum Gasteiger partial charge on any atom is -0.446 e. The first kappa shape index (κ1) is 13.5. The minimum absolute atomic E-state index is 0.119. The lowest BCUT2D eigenvalue weighted by Gasteiger charge is -2.33. The van der Waals surface area contributed by atoms with Crippen molar-refractivity contribution in [3.05, 3.63) is 17.9 Å². The number of hydrogen-bond acceptors (Lipinski definition) is 5. The van der Waals surface area contributed by atoms with Crippen LogP contribution in [0.5, 0.6) is 0 Å². The molecule has 7 heteroatoms. The molecule has 0 radical (unpaired) electrons. The Bertz CT molecular complexity index is 495. The van der Waals surface area contributed by atoms with E-state index in [9.17, 15) is 8.42 Å². The average Bonchev–Trinajstić information content (AvgIpc) is 2.88. The van der Waals surface area contributed by atoms with Crippen LogP contribution in [0.3, 0.4) is 0 Å². The highest BCUT2D eigenvalue weighted by Crippen LogP contribution is 2.23. The molecule has 0 amide bonds. The van der Waals surface area contributed by atoms with Crippen molar-refractivity contribution in [2.45, 2.75) is 31.1 Å². The largest absolute Gasteiger partial charge is 0.446 e. The van der Waals surface area contributed by atoms with Crippen molar-refractivity contribution in [2.75, 3.05) is 19.8 Å². The first-order chi connectivity index (χ1) is 8.59. The highest BCUT2D eigenvalue weighted by molar-refractivity contribution is 7.89. The maximum atomic E-state index is 12.4. The van der Waals surface area contributed by atoms with Crippen molar-refractivity contribution in [1.82, 2.24) is 4.31 Å². The van der Waals surface area contributed by atoms with Crippen molar-refractivity contribution in [3.8, 4) is 0 Å². The van der Waals surface area contributed by atoms with Crippen LogP contribution in [0.2, 0.25) is 0 Å². The maximum absolute atomic E-state index is 12.4. The van der Waals surface area contributed by atoms with Crippen molar-refractivity contribution in [2.24, 2.45) is 0 Å². The van der Waals surface area contributed by atoms with Crippen molar-refractivity contribution < 1.29 is 22.7 Å². The van der Waals surface area contributed by atoms with Crippen LogP contribution in [0.25, 0.3) is 0 Å². The zero-order valence-electron chi connectivity index (χ0n) is 10.2. The lowest BCUT2D eigenvalue weighted by Crippen LogP contribution is -2.48. The third kappa shape index (κ3) is 2.44. The molecule has 1 N–H and O–H groups in total. The molecule has 1 aliphatic rings.